The zero-order valence-corrected chi connectivity index (χ0v) is 14.8. The quantitative estimate of drug-likeness (QED) is 0.782. The predicted octanol–water partition coefficient (Wildman–Crippen LogP) is 4.39. The minimum atomic E-state index is -0.335. The number of hydrogen-bond donors (Lipinski definition) is 1. The third kappa shape index (κ3) is 3.78. The fourth-order valence-electron chi connectivity index (χ4n) is 1.80. The fraction of sp³-hybridized carbons (Fsp3) is 0.286. The molecule has 0 saturated heterocycles. The molecular weight excluding hydrogens is 405 g/mol. The number of hydrogen-bond acceptors (Lipinski definition) is 4. The lowest BCUT2D eigenvalue weighted by Crippen LogP contribution is -2.07. The molecule has 112 valence electrons. The van der Waals surface area contributed by atoms with E-state index in [2.05, 4.69) is 47.1 Å². The van der Waals surface area contributed by atoms with Gasteiger partial charge in [-0.1, -0.05) is 15.9 Å². The predicted molar refractivity (Wildman–Crippen MR) is 87.7 cm³/mol. The Morgan fingerprint density at radius 3 is 2.71 bits per heavy atom. The van der Waals surface area contributed by atoms with Crippen LogP contribution in [0.2, 0.25) is 0 Å². The summed E-state index contributed by atoms with van der Waals surface area (Å²) >= 11 is 6.87. The molecule has 7 heteroatoms. The number of rotatable bonds is 5. The Bertz CT molecular complexity index is 625. The maximum atomic E-state index is 13.5. The average molecular weight is 419 g/mol. The normalized spacial score (nSPS) is 10.7. The van der Waals surface area contributed by atoms with Crippen molar-refractivity contribution in [2.45, 2.75) is 13.5 Å². The Balaban J connectivity index is 2.59. The number of ether oxygens (including phenoxy) is 1. The molecule has 2 aromatic rings. The van der Waals surface area contributed by atoms with Gasteiger partial charge < -0.3 is 10.1 Å². The van der Waals surface area contributed by atoms with Crippen LogP contribution in [-0.4, -0.2) is 23.6 Å². The first-order valence-electron chi connectivity index (χ1n) is 6.31. The van der Waals surface area contributed by atoms with Gasteiger partial charge in [0.25, 0.3) is 0 Å². The Morgan fingerprint density at radius 2 is 2.05 bits per heavy atom. The summed E-state index contributed by atoms with van der Waals surface area (Å²) in [5.74, 6) is 0.760. The highest BCUT2D eigenvalue weighted by molar-refractivity contribution is 9.11. The molecule has 0 saturated carbocycles. The van der Waals surface area contributed by atoms with E-state index in [0.29, 0.717) is 36.1 Å². The van der Waals surface area contributed by atoms with Crippen LogP contribution in [-0.2, 0) is 11.3 Å². The molecular formula is C14H14Br2FN3O. The summed E-state index contributed by atoms with van der Waals surface area (Å²) in [7, 11) is 1.60. The third-order valence-corrected chi connectivity index (χ3v) is 4.24. The van der Waals surface area contributed by atoms with Crippen molar-refractivity contribution in [2.24, 2.45) is 0 Å². The molecule has 4 nitrogen and oxygen atoms in total. The lowest BCUT2D eigenvalue weighted by molar-refractivity contribution is 0.181. The molecule has 1 aromatic carbocycles. The van der Waals surface area contributed by atoms with Gasteiger partial charge in [-0.25, -0.2) is 14.4 Å². The van der Waals surface area contributed by atoms with Gasteiger partial charge in [-0.3, -0.25) is 0 Å². The first-order chi connectivity index (χ1) is 10.1. The van der Waals surface area contributed by atoms with Crippen LogP contribution in [0.15, 0.2) is 27.1 Å². The lowest BCUT2D eigenvalue weighted by Gasteiger charge is -2.12. The number of methoxy groups -OCH3 is 1. The molecule has 0 bridgehead atoms. The summed E-state index contributed by atoms with van der Waals surface area (Å²) < 4.78 is 20.1. The zero-order chi connectivity index (χ0) is 15.4. The molecule has 1 heterocycles. The van der Waals surface area contributed by atoms with E-state index in [4.69, 9.17) is 4.74 Å². The molecule has 1 aromatic heterocycles. The van der Waals surface area contributed by atoms with Gasteiger partial charge in [0, 0.05) is 23.7 Å². The smallest absolute Gasteiger partial charge is 0.163 e. The summed E-state index contributed by atoms with van der Waals surface area (Å²) in [6.45, 7) is 3.02. The summed E-state index contributed by atoms with van der Waals surface area (Å²) in [5.41, 5.74) is 1.30. The molecule has 0 radical (unpaired) electrons. The van der Waals surface area contributed by atoms with E-state index >= 15 is 0 Å². The molecule has 0 aliphatic heterocycles. The van der Waals surface area contributed by atoms with E-state index in [1.54, 1.807) is 13.2 Å². The first-order valence-corrected chi connectivity index (χ1v) is 7.90. The van der Waals surface area contributed by atoms with Gasteiger partial charge >= 0.3 is 0 Å². The highest BCUT2D eigenvalue weighted by atomic mass is 79.9. The van der Waals surface area contributed by atoms with E-state index in [-0.39, 0.29) is 5.82 Å². The lowest BCUT2D eigenvalue weighted by atomic mass is 10.2. The number of anilines is 1. The van der Waals surface area contributed by atoms with Crippen molar-refractivity contribution in [2.75, 3.05) is 19.0 Å². The van der Waals surface area contributed by atoms with Crippen LogP contribution in [0.4, 0.5) is 10.2 Å². The summed E-state index contributed by atoms with van der Waals surface area (Å²) in [6.07, 6.45) is 0. The highest BCUT2D eigenvalue weighted by Crippen LogP contribution is 2.31. The van der Waals surface area contributed by atoms with E-state index in [1.807, 2.05) is 6.92 Å². The molecule has 0 spiro atoms. The van der Waals surface area contributed by atoms with Gasteiger partial charge in [0.15, 0.2) is 5.82 Å². The molecule has 0 amide bonds. The molecule has 0 fully saturated rings. The third-order valence-electron chi connectivity index (χ3n) is 2.71. The Hall–Kier alpha value is -1.05. The standard InChI is InChI=1S/C14H14Br2FN3O/c1-3-18-14-12(16)11(7-21-2)19-13(20-14)9-6-8(17)4-5-10(9)15/h4-6H,3,7H2,1-2H3,(H,18,19,20). The van der Waals surface area contributed by atoms with E-state index in [0.717, 1.165) is 8.95 Å². The van der Waals surface area contributed by atoms with Crippen molar-refractivity contribution in [3.63, 3.8) is 0 Å². The molecule has 0 aliphatic rings. The summed E-state index contributed by atoms with van der Waals surface area (Å²) in [6, 6.07) is 4.42. The Labute approximate surface area is 139 Å². The topological polar surface area (TPSA) is 47.0 Å². The van der Waals surface area contributed by atoms with Crippen molar-refractivity contribution in [3.8, 4) is 11.4 Å². The fourth-order valence-corrected chi connectivity index (χ4v) is 2.66. The summed E-state index contributed by atoms with van der Waals surface area (Å²) in [4.78, 5) is 8.91. The van der Waals surface area contributed by atoms with Crippen LogP contribution in [0.5, 0.6) is 0 Å². The van der Waals surface area contributed by atoms with Gasteiger partial charge in [0.05, 0.1) is 16.8 Å². The number of halogens is 3. The van der Waals surface area contributed by atoms with Crippen molar-refractivity contribution in [1.82, 2.24) is 9.97 Å². The van der Waals surface area contributed by atoms with Crippen LogP contribution in [0.25, 0.3) is 11.4 Å². The van der Waals surface area contributed by atoms with Crippen LogP contribution >= 0.6 is 31.9 Å². The maximum Gasteiger partial charge on any atom is 0.163 e. The molecule has 0 aliphatic carbocycles. The van der Waals surface area contributed by atoms with Gasteiger partial charge in [0.1, 0.15) is 11.6 Å². The number of nitrogens with zero attached hydrogens (tertiary/aromatic N) is 2. The van der Waals surface area contributed by atoms with Crippen LogP contribution in [0.3, 0.4) is 0 Å². The summed E-state index contributed by atoms with van der Waals surface area (Å²) in [5, 5.41) is 3.16. The Kier molecular flexibility index (Phi) is 5.66. The van der Waals surface area contributed by atoms with Crippen LogP contribution in [0, 0.1) is 5.82 Å². The van der Waals surface area contributed by atoms with Gasteiger partial charge in [0.2, 0.25) is 0 Å². The number of benzene rings is 1. The second-order valence-electron chi connectivity index (χ2n) is 4.24. The molecule has 1 N–H and O–H groups in total. The average Bonchev–Trinajstić information content (AvgIpc) is 2.46. The molecule has 21 heavy (non-hydrogen) atoms. The Morgan fingerprint density at radius 1 is 1.29 bits per heavy atom. The molecule has 2 rings (SSSR count). The minimum Gasteiger partial charge on any atom is -0.378 e. The van der Waals surface area contributed by atoms with Gasteiger partial charge in [-0.2, -0.15) is 0 Å². The SMILES string of the molecule is CCNc1nc(-c2cc(F)ccc2Br)nc(COC)c1Br. The second kappa shape index (κ2) is 7.29. The molecule has 0 unspecified atom stereocenters. The molecule has 0 atom stereocenters. The van der Waals surface area contributed by atoms with Crippen LogP contribution < -0.4 is 5.32 Å². The maximum absolute atomic E-state index is 13.5. The van der Waals surface area contributed by atoms with Crippen molar-refractivity contribution in [3.05, 3.63) is 38.7 Å². The van der Waals surface area contributed by atoms with Crippen molar-refractivity contribution < 1.29 is 9.13 Å². The zero-order valence-electron chi connectivity index (χ0n) is 11.6. The van der Waals surface area contributed by atoms with Crippen molar-refractivity contribution in [1.29, 1.82) is 0 Å². The number of aromatic nitrogens is 2. The van der Waals surface area contributed by atoms with Gasteiger partial charge in [-0.15, -0.1) is 0 Å². The second-order valence-corrected chi connectivity index (χ2v) is 5.89. The monoisotopic (exact) mass is 417 g/mol. The highest BCUT2D eigenvalue weighted by Gasteiger charge is 2.15. The minimum absolute atomic E-state index is 0.335. The van der Waals surface area contributed by atoms with E-state index in [9.17, 15) is 4.39 Å². The van der Waals surface area contributed by atoms with E-state index < -0.39 is 0 Å². The van der Waals surface area contributed by atoms with E-state index in [1.165, 1.54) is 12.1 Å². The van der Waals surface area contributed by atoms with Gasteiger partial charge in [-0.05, 0) is 41.1 Å². The first kappa shape index (κ1) is 16.3. The largest absolute Gasteiger partial charge is 0.378 e. The van der Waals surface area contributed by atoms with Crippen molar-refractivity contribution >= 4 is 37.7 Å². The number of nitrogens with one attached hydrogen (secondary N) is 1. The van der Waals surface area contributed by atoms with Crippen LogP contribution in [0.1, 0.15) is 12.6 Å².